The van der Waals surface area contributed by atoms with Crippen LogP contribution in [0.5, 0.6) is 0 Å². The van der Waals surface area contributed by atoms with E-state index < -0.39 is 0 Å². The standard InChI is InChI=1S/C10H17NO2/c1-3-5-6-11-7-9(12)8(4-2)10(11)13/h8H,3-7H2,1-2H3. The van der Waals surface area contributed by atoms with E-state index in [9.17, 15) is 9.59 Å². The first kappa shape index (κ1) is 10.2. The summed E-state index contributed by atoms with van der Waals surface area (Å²) in [6.07, 6.45) is 2.71. The van der Waals surface area contributed by atoms with Crippen molar-refractivity contribution in [3.8, 4) is 0 Å². The molecule has 1 atom stereocenters. The summed E-state index contributed by atoms with van der Waals surface area (Å²) in [7, 11) is 0. The molecule has 13 heavy (non-hydrogen) atoms. The maximum absolute atomic E-state index is 11.6. The molecule has 0 saturated carbocycles. The first-order valence-corrected chi connectivity index (χ1v) is 5.02. The smallest absolute Gasteiger partial charge is 0.233 e. The van der Waals surface area contributed by atoms with Crippen molar-refractivity contribution in [3.05, 3.63) is 0 Å². The highest BCUT2D eigenvalue weighted by Gasteiger charge is 2.36. The zero-order chi connectivity index (χ0) is 9.84. The molecule has 1 amide bonds. The summed E-state index contributed by atoms with van der Waals surface area (Å²) in [5.74, 6) is -0.193. The molecular weight excluding hydrogens is 166 g/mol. The van der Waals surface area contributed by atoms with Crippen LogP contribution in [0.4, 0.5) is 0 Å². The summed E-state index contributed by atoms with van der Waals surface area (Å²) < 4.78 is 0. The predicted octanol–water partition coefficient (Wildman–Crippen LogP) is 1.22. The number of nitrogens with zero attached hydrogens (tertiary/aromatic N) is 1. The molecule has 1 aliphatic rings. The molecule has 3 heteroatoms. The Morgan fingerprint density at radius 1 is 1.38 bits per heavy atom. The molecule has 1 aliphatic heterocycles. The van der Waals surface area contributed by atoms with Crippen LogP contribution in [0.3, 0.4) is 0 Å². The number of hydrogen-bond acceptors (Lipinski definition) is 2. The van der Waals surface area contributed by atoms with Crippen molar-refractivity contribution < 1.29 is 9.59 Å². The Kier molecular flexibility index (Phi) is 3.46. The van der Waals surface area contributed by atoms with Crippen LogP contribution < -0.4 is 0 Å². The fraction of sp³-hybridized carbons (Fsp3) is 0.800. The minimum absolute atomic E-state index is 0.0425. The van der Waals surface area contributed by atoms with E-state index in [-0.39, 0.29) is 17.6 Å². The van der Waals surface area contributed by atoms with Crippen molar-refractivity contribution in [2.75, 3.05) is 13.1 Å². The minimum Gasteiger partial charge on any atom is -0.335 e. The lowest BCUT2D eigenvalue weighted by atomic mass is 10.0. The van der Waals surface area contributed by atoms with Crippen molar-refractivity contribution in [3.63, 3.8) is 0 Å². The second-order valence-electron chi connectivity index (χ2n) is 3.54. The van der Waals surface area contributed by atoms with Gasteiger partial charge in [0.05, 0.1) is 12.5 Å². The molecule has 0 bridgehead atoms. The zero-order valence-corrected chi connectivity index (χ0v) is 8.38. The Balaban J connectivity index is 2.52. The quantitative estimate of drug-likeness (QED) is 0.615. The van der Waals surface area contributed by atoms with E-state index in [2.05, 4.69) is 6.92 Å². The molecule has 1 rings (SSSR count). The Morgan fingerprint density at radius 2 is 2.08 bits per heavy atom. The molecule has 1 heterocycles. The average Bonchev–Trinajstić information content (AvgIpc) is 2.38. The number of hydrogen-bond donors (Lipinski definition) is 0. The highest BCUT2D eigenvalue weighted by Crippen LogP contribution is 2.17. The molecule has 74 valence electrons. The Labute approximate surface area is 79.1 Å². The van der Waals surface area contributed by atoms with E-state index in [0.717, 1.165) is 19.4 Å². The topological polar surface area (TPSA) is 37.4 Å². The number of carbonyl (C=O) groups excluding carboxylic acids is 2. The number of rotatable bonds is 4. The maximum atomic E-state index is 11.6. The third-order valence-corrected chi connectivity index (χ3v) is 2.53. The Hall–Kier alpha value is -0.860. The van der Waals surface area contributed by atoms with Crippen LogP contribution in [0.2, 0.25) is 0 Å². The summed E-state index contributed by atoms with van der Waals surface area (Å²) in [4.78, 5) is 24.6. The van der Waals surface area contributed by atoms with Crippen molar-refractivity contribution >= 4 is 11.7 Å². The lowest BCUT2D eigenvalue weighted by molar-refractivity contribution is -0.132. The van der Waals surface area contributed by atoms with Gasteiger partial charge in [-0.1, -0.05) is 20.3 Å². The molecule has 3 nitrogen and oxygen atoms in total. The van der Waals surface area contributed by atoms with Gasteiger partial charge in [-0.25, -0.2) is 0 Å². The van der Waals surface area contributed by atoms with Crippen LogP contribution in [-0.4, -0.2) is 29.7 Å². The van der Waals surface area contributed by atoms with Gasteiger partial charge in [0.1, 0.15) is 0 Å². The van der Waals surface area contributed by atoms with Crippen LogP contribution in [0.1, 0.15) is 33.1 Å². The number of likely N-dealkylation sites (tertiary alicyclic amines) is 1. The molecule has 0 N–H and O–H groups in total. The first-order valence-electron chi connectivity index (χ1n) is 5.02. The molecule has 0 aromatic carbocycles. The zero-order valence-electron chi connectivity index (χ0n) is 8.38. The van der Waals surface area contributed by atoms with Crippen LogP contribution in [0, 0.1) is 5.92 Å². The molecular formula is C10H17NO2. The summed E-state index contributed by atoms with van der Waals surface area (Å²) in [5.41, 5.74) is 0. The van der Waals surface area contributed by atoms with Crippen LogP contribution >= 0.6 is 0 Å². The molecule has 1 unspecified atom stereocenters. The minimum atomic E-state index is -0.336. The summed E-state index contributed by atoms with van der Waals surface area (Å²) in [6.45, 7) is 5.07. The molecule has 0 radical (unpaired) electrons. The van der Waals surface area contributed by atoms with Crippen LogP contribution in [0.25, 0.3) is 0 Å². The maximum Gasteiger partial charge on any atom is 0.233 e. The van der Waals surface area contributed by atoms with Gasteiger partial charge in [-0.2, -0.15) is 0 Å². The fourth-order valence-electron chi connectivity index (χ4n) is 1.67. The van der Waals surface area contributed by atoms with Crippen LogP contribution in [-0.2, 0) is 9.59 Å². The molecule has 0 spiro atoms. The number of Topliss-reactive ketones (excluding diaryl/α,β-unsaturated/α-hetero) is 1. The molecule has 1 fully saturated rings. The molecule has 0 aromatic heterocycles. The van der Waals surface area contributed by atoms with E-state index in [4.69, 9.17) is 0 Å². The largest absolute Gasteiger partial charge is 0.335 e. The number of amides is 1. The number of unbranched alkanes of at least 4 members (excludes halogenated alkanes) is 1. The summed E-state index contributed by atoms with van der Waals surface area (Å²) in [5, 5.41) is 0. The van der Waals surface area contributed by atoms with Crippen molar-refractivity contribution in [2.45, 2.75) is 33.1 Å². The van der Waals surface area contributed by atoms with Gasteiger partial charge in [0, 0.05) is 6.54 Å². The molecule has 0 aromatic rings. The van der Waals surface area contributed by atoms with Crippen molar-refractivity contribution in [1.82, 2.24) is 4.90 Å². The molecule has 0 aliphatic carbocycles. The van der Waals surface area contributed by atoms with Gasteiger partial charge in [0.15, 0.2) is 5.78 Å². The predicted molar refractivity (Wildman–Crippen MR) is 50.3 cm³/mol. The van der Waals surface area contributed by atoms with Crippen molar-refractivity contribution in [1.29, 1.82) is 0 Å². The van der Waals surface area contributed by atoms with E-state index in [0.29, 0.717) is 13.0 Å². The van der Waals surface area contributed by atoms with Crippen LogP contribution in [0.15, 0.2) is 0 Å². The Morgan fingerprint density at radius 3 is 2.54 bits per heavy atom. The van der Waals surface area contributed by atoms with Gasteiger partial charge in [0.2, 0.25) is 5.91 Å². The monoisotopic (exact) mass is 183 g/mol. The fourth-order valence-corrected chi connectivity index (χ4v) is 1.67. The van der Waals surface area contributed by atoms with Crippen molar-refractivity contribution in [2.24, 2.45) is 5.92 Å². The second-order valence-corrected chi connectivity index (χ2v) is 3.54. The van der Waals surface area contributed by atoms with E-state index in [1.54, 1.807) is 4.90 Å². The van der Waals surface area contributed by atoms with Gasteiger partial charge >= 0.3 is 0 Å². The normalized spacial score (nSPS) is 22.9. The number of ketones is 1. The lowest BCUT2D eigenvalue weighted by Gasteiger charge is -2.14. The SMILES string of the molecule is CCCCN1CC(=O)C(CC)C1=O. The highest BCUT2D eigenvalue weighted by molar-refractivity contribution is 6.08. The van der Waals surface area contributed by atoms with Gasteiger partial charge in [-0.15, -0.1) is 0 Å². The third kappa shape index (κ3) is 2.08. The average molecular weight is 183 g/mol. The summed E-state index contributed by atoms with van der Waals surface area (Å²) >= 11 is 0. The number of carbonyl (C=O) groups is 2. The summed E-state index contributed by atoms with van der Waals surface area (Å²) in [6, 6.07) is 0. The van der Waals surface area contributed by atoms with Gasteiger partial charge in [0.25, 0.3) is 0 Å². The Bertz CT molecular complexity index is 213. The van der Waals surface area contributed by atoms with Gasteiger partial charge in [-0.05, 0) is 12.8 Å². The van der Waals surface area contributed by atoms with Gasteiger partial charge in [-0.3, -0.25) is 9.59 Å². The highest BCUT2D eigenvalue weighted by atomic mass is 16.2. The molecule has 1 saturated heterocycles. The van der Waals surface area contributed by atoms with Gasteiger partial charge < -0.3 is 4.90 Å². The second kappa shape index (κ2) is 4.40. The first-order chi connectivity index (χ1) is 6.20. The lowest BCUT2D eigenvalue weighted by Crippen LogP contribution is -2.28. The third-order valence-electron chi connectivity index (χ3n) is 2.53. The van der Waals surface area contributed by atoms with E-state index in [1.807, 2.05) is 6.92 Å². The van der Waals surface area contributed by atoms with E-state index >= 15 is 0 Å². The van der Waals surface area contributed by atoms with E-state index in [1.165, 1.54) is 0 Å².